The molecule has 8 heteroatoms. The minimum atomic E-state index is -0.0738. The van der Waals surface area contributed by atoms with E-state index in [4.69, 9.17) is 4.74 Å². The average Bonchev–Trinajstić information content (AvgIpc) is 3.38. The quantitative estimate of drug-likeness (QED) is 0.814. The summed E-state index contributed by atoms with van der Waals surface area (Å²) in [5, 5.41) is 11.4. The topological polar surface area (TPSA) is 77.2 Å². The Balaban J connectivity index is 1.30. The number of hydrogen-bond acceptors (Lipinski definition) is 5. The summed E-state index contributed by atoms with van der Waals surface area (Å²) in [6, 6.07) is 1.73. The molecule has 0 saturated carbocycles. The van der Waals surface area contributed by atoms with E-state index in [2.05, 4.69) is 33.5 Å². The highest BCUT2D eigenvalue weighted by molar-refractivity contribution is 5.92. The van der Waals surface area contributed by atoms with Gasteiger partial charge in [-0.1, -0.05) is 0 Å². The van der Waals surface area contributed by atoms with Gasteiger partial charge in [0, 0.05) is 69.6 Å². The van der Waals surface area contributed by atoms with Crippen molar-refractivity contribution in [2.75, 3.05) is 26.2 Å². The molecular weight excluding hydrogens is 332 g/mol. The Morgan fingerprint density at radius 1 is 1.38 bits per heavy atom. The summed E-state index contributed by atoms with van der Waals surface area (Å²) in [5.41, 5.74) is 1.83. The largest absolute Gasteiger partial charge is 0.376 e. The van der Waals surface area contributed by atoms with Gasteiger partial charge < -0.3 is 10.1 Å². The van der Waals surface area contributed by atoms with Gasteiger partial charge in [-0.05, 0) is 13.0 Å². The number of fused-ring (bicyclic) bond motifs is 1. The summed E-state index contributed by atoms with van der Waals surface area (Å²) >= 11 is 0. The minimum absolute atomic E-state index is 0.0738. The summed E-state index contributed by atoms with van der Waals surface area (Å²) in [6.07, 6.45) is 5.97. The van der Waals surface area contributed by atoms with E-state index in [1.54, 1.807) is 24.0 Å². The number of ether oxygens (including phenoxy) is 1. The zero-order valence-electron chi connectivity index (χ0n) is 15.3. The van der Waals surface area contributed by atoms with E-state index < -0.39 is 0 Å². The van der Waals surface area contributed by atoms with E-state index in [-0.39, 0.29) is 12.0 Å². The Morgan fingerprint density at radius 2 is 2.27 bits per heavy atom. The van der Waals surface area contributed by atoms with Crippen molar-refractivity contribution in [3.05, 3.63) is 35.9 Å². The third-order valence-electron chi connectivity index (χ3n) is 5.51. The maximum Gasteiger partial charge on any atom is 0.269 e. The zero-order chi connectivity index (χ0) is 18.1. The number of hydrogen-bond donors (Lipinski definition) is 1. The third kappa shape index (κ3) is 3.39. The number of aromatic nitrogens is 4. The Kier molecular flexibility index (Phi) is 4.78. The van der Waals surface area contributed by atoms with Crippen molar-refractivity contribution >= 4 is 5.91 Å². The summed E-state index contributed by atoms with van der Waals surface area (Å²) < 4.78 is 9.55. The summed E-state index contributed by atoms with van der Waals surface area (Å²) in [7, 11) is 1.78. The fourth-order valence-corrected chi connectivity index (χ4v) is 4.05. The molecule has 4 rings (SSSR count). The van der Waals surface area contributed by atoms with E-state index >= 15 is 0 Å². The summed E-state index contributed by atoms with van der Waals surface area (Å²) in [6.45, 7) is 7.23. The van der Waals surface area contributed by atoms with Gasteiger partial charge in [0.2, 0.25) is 0 Å². The second-order valence-corrected chi connectivity index (χ2v) is 7.24. The molecule has 2 aliphatic heterocycles. The van der Waals surface area contributed by atoms with Crippen molar-refractivity contribution in [3.63, 3.8) is 0 Å². The molecule has 2 aromatic heterocycles. The Bertz CT molecular complexity index is 769. The maximum atomic E-state index is 12.3. The molecule has 3 atom stereocenters. The third-order valence-corrected chi connectivity index (χ3v) is 5.51. The molecule has 4 heterocycles. The van der Waals surface area contributed by atoms with Crippen LogP contribution in [0.1, 0.15) is 23.0 Å². The van der Waals surface area contributed by atoms with Crippen molar-refractivity contribution in [2.24, 2.45) is 18.9 Å². The lowest BCUT2D eigenvalue weighted by Crippen LogP contribution is -2.35. The second kappa shape index (κ2) is 7.20. The molecular formula is C18H26N6O2. The first-order valence-electron chi connectivity index (χ1n) is 9.25. The molecule has 0 bridgehead atoms. The van der Waals surface area contributed by atoms with Gasteiger partial charge in [-0.15, -0.1) is 0 Å². The first kappa shape index (κ1) is 17.2. The number of likely N-dealkylation sites (tertiary alicyclic amines) is 1. The predicted molar refractivity (Wildman–Crippen MR) is 95.4 cm³/mol. The standard InChI is InChI=1S/C18H26N6O2/c1-3-24-9-13(6-21-24)8-23-10-15-14(12-26-17(15)11-23)7-19-18(25)16-4-5-20-22(16)2/h4-6,9,14-15,17H,3,7-8,10-12H2,1-2H3,(H,19,25)/t14-,15+,17+/m1/s1. The number of amides is 1. The Hall–Kier alpha value is -2.19. The van der Waals surface area contributed by atoms with Gasteiger partial charge >= 0.3 is 0 Å². The lowest BCUT2D eigenvalue weighted by Gasteiger charge is -2.19. The Morgan fingerprint density at radius 3 is 3.00 bits per heavy atom. The van der Waals surface area contributed by atoms with Gasteiger partial charge in [0.05, 0.1) is 18.9 Å². The number of carbonyl (C=O) groups excluding carboxylic acids is 1. The van der Waals surface area contributed by atoms with E-state index in [0.29, 0.717) is 24.1 Å². The highest BCUT2D eigenvalue weighted by atomic mass is 16.5. The van der Waals surface area contributed by atoms with Crippen LogP contribution >= 0.6 is 0 Å². The fraction of sp³-hybridized carbons (Fsp3) is 0.611. The number of nitrogens with one attached hydrogen (secondary N) is 1. The molecule has 1 amide bonds. The lowest BCUT2D eigenvalue weighted by molar-refractivity contribution is 0.0898. The monoisotopic (exact) mass is 358 g/mol. The van der Waals surface area contributed by atoms with Gasteiger partial charge in [-0.2, -0.15) is 10.2 Å². The molecule has 2 saturated heterocycles. The van der Waals surface area contributed by atoms with Crippen LogP contribution in [0, 0.1) is 11.8 Å². The van der Waals surface area contributed by atoms with Crippen LogP contribution in [0.25, 0.3) is 0 Å². The van der Waals surface area contributed by atoms with Crippen molar-refractivity contribution in [1.82, 2.24) is 29.8 Å². The van der Waals surface area contributed by atoms with E-state index in [1.807, 2.05) is 10.9 Å². The molecule has 8 nitrogen and oxygen atoms in total. The van der Waals surface area contributed by atoms with Gasteiger partial charge in [-0.25, -0.2) is 0 Å². The normalized spacial score (nSPS) is 25.5. The van der Waals surface area contributed by atoms with E-state index in [1.165, 1.54) is 5.56 Å². The Labute approximate surface area is 153 Å². The van der Waals surface area contributed by atoms with Crippen LogP contribution in [-0.2, 0) is 24.9 Å². The second-order valence-electron chi connectivity index (χ2n) is 7.24. The smallest absolute Gasteiger partial charge is 0.269 e. The van der Waals surface area contributed by atoms with Gasteiger partial charge in [-0.3, -0.25) is 19.1 Å². The molecule has 26 heavy (non-hydrogen) atoms. The molecule has 140 valence electrons. The van der Waals surface area contributed by atoms with Crippen LogP contribution in [0.3, 0.4) is 0 Å². The first-order valence-corrected chi connectivity index (χ1v) is 9.25. The molecule has 0 aliphatic carbocycles. The number of carbonyl (C=O) groups is 1. The summed E-state index contributed by atoms with van der Waals surface area (Å²) in [5.74, 6) is 0.763. The molecule has 0 aromatic carbocycles. The van der Waals surface area contributed by atoms with Crippen molar-refractivity contribution in [3.8, 4) is 0 Å². The van der Waals surface area contributed by atoms with Crippen molar-refractivity contribution in [2.45, 2.75) is 26.1 Å². The molecule has 0 spiro atoms. The first-order chi connectivity index (χ1) is 12.6. The average molecular weight is 358 g/mol. The van der Waals surface area contributed by atoms with Crippen molar-refractivity contribution in [1.29, 1.82) is 0 Å². The zero-order valence-corrected chi connectivity index (χ0v) is 15.3. The lowest BCUT2D eigenvalue weighted by atomic mass is 9.93. The van der Waals surface area contributed by atoms with Gasteiger partial charge in [0.25, 0.3) is 5.91 Å². The number of aryl methyl sites for hydroxylation is 2. The van der Waals surface area contributed by atoms with Crippen LogP contribution in [0.5, 0.6) is 0 Å². The fourth-order valence-electron chi connectivity index (χ4n) is 4.05. The molecule has 2 aromatic rings. The van der Waals surface area contributed by atoms with Crippen LogP contribution in [0.2, 0.25) is 0 Å². The van der Waals surface area contributed by atoms with Crippen LogP contribution < -0.4 is 5.32 Å². The van der Waals surface area contributed by atoms with Gasteiger partial charge in [0.15, 0.2) is 0 Å². The van der Waals surface area contributed by atoms with Gasteiger partial charge in [0.1, 0.15) is 5.69 Å². The number of nitrogens with zero attached hydrogens (tertiary/aromatic N) is 5. The summed E-state index contributed by atoms with van der Waals surface area (Å²) in [4.78, 5) is 14.7. The van der Waals surface area contributed by atoms with Crippen LogP contribution in [0.4, 0.5) is 0 Å². The van der Waals surface area contributed by atoms with Crippen LogP contribution in [-0.4, -0.2) is 62.7 Å². The molecule has 1 N–H and O–H groups in total. The minimum Gasteiger partial charge on any atom is -0.376 e. The molecule has 0 radical (unpaired) electrons. The predicted octanol–water partition coefficient (Wildman–Crippen LogP) is 0.513. The SMILES string of the molecule is CCn1cc(CN2C[C@H]3[C@H](CNC(=O)c4ccnn4C)CO[C@H]3C2)cn1. The number of rotatable bonds is 6. The molecule has 0 unspecified atom stereocenters. The molecule has 2 fully saturated rings. The van der Waals surface area contributed by atoms with E-state index in [9.17, 15) is 4.79 Å². The highest BCUT2D eigenvalue weighted by Gasteiger charge is 2.43. The van der Waals surface area contributed by atoms with Crippen LogP contribution in [0.15, 0.2) is 24.7 Å². The van der Waals surface area contributed by atoms with E-state index in [0.717, 1.165) is 32.8 Å². The maximum absolute atomic E-state index is 12.3. The molecule has 2 aliphatic rings. The highest BCUT2D eigenvalue weighted by Crippen LogP contribution is 2.34. The van der Waals surface area contributed by atoms with Crippen molar-refractivity contribution < 1.29 is 9.53 Å².